The lowest BCUT2D eigenvalue weighted by molar-refractivity contribution is -0.121. The minimum Gasteiger partial charge on any atom is -0.351 e. The zero-order valence-corrected chi connectivity index (χ0v) is 13.9. The third-order valence-electron chi connectivity index (χ3n) is 4.10. The van der Waals surface area contributed by atoms with Crippen molar-refractivity contribution >= 4 is 5.91 Å². The van der Waals surface area contributed by atoms with Gasteiger partial charge in [0.2, 0.25) is 5.91 Å². The Morgan fingerprint density at radius 1 is 1.04 bits per heavy atom. The molecule has 0 atom stereocenters. The molecule has 24 heavy (non-hydrogen) atoms. The summed E-state index contributed by atoms with van der Waals surface area (Å²) in [5, 5.41) is 7.37. The molecule has 0 unspecified atom stereocenters. The van der Waals surface area contributed by atoms with Crippen LogP contribution in [0.5, 0.6) is 0 Å². The van der Waals surface area contributed by atoms with E-state index in [0.717, 1.165) is 22.4 Å². The van der Waals surface area contributed by atoms with Crippen molar-refractivity contribution in [2.24, 2.45) is 7.05 Å². The summed E-state index contributed by atoms with van der Waals surface area (Å²) in [4.78, 5) is 12.9. The maximum absolute atomic E-state index is 12.9. The van der Waals surface area contributed by atoms with E-state index in [1.54, 1.807) is 4.68 Å². The summed E-state index contributed by atoms with van der Waals surface area (Å²) in [6.07, 6.45) is 1.94. The fourth-order valence-corrected chi connectivity index (χ4v) is 2.89. The van der Waals surface area contributed by atoms with Crippen molar-refractivity contribution in [1.82, 2.24) is 15.1 Å². The Kier molecular flexibility index (Phi) is 4.75. The van der Waals surface area contributed by atoms with Crippen molar-refractivity contribution in [3.8, 4) is 0 Å². The molecule has 122 valence electrons. The molecule has 1 heterocycles. The number of carbonyl (C=O) groups is 1. The van der Waals surface area contributed by atoms with Crippen molar-refractivity contribution in [3.63, 3.8) is 0 Å². The summed E-state index contributed by atoms with van der Waals surface area (Å²) in [5.41, 5.74) is 3.95. The van der Waals surface area contributed by atoms with Crippen LogP contribution in [0.1, 0.15) is 28.3 Å². The summed E-state index contributed by atoms with van der Waals surface area (Å²) in [6, 6.07) is 19.7. The third kappa shape index (κ3) is 3.54. The number of rotatable bonds is 5. The maximum Gasteiger partial charge on any atom is 0.232 e. The first-order chi connectivity index (χ1) is 11.6. The molecule has 1 N–H and O–H groups in total. The molecule has 0 aliphatic heterocycles. The van der Waals surface area contributed by atoms with Crippen LogP contribution < -0.4 is 5.32 Å². The number of aryl methyl sites for hydroxylation is 2. The number of carbonyl (C=O) groups excluding carboxylic acids is 1. The fraction of sp³-hybridized carbons (Fsp3) is 0.200. The number of nitrogens with one attached hydrogen (secondary N) is 1. The Morgan fingerprint density at radius 3 is 2.04 bits per heavy atom. The second-order valence-electron chi connectivity index (χ2n) is 5.89. The van der Waals surface area contributed by atoms with Crippen LogP contribution in [0.3, 0.4) is 0 Å². The highest BCUT2D eigenvalue weighted by atomic mass is 16.1. The molecule has 4 nitrogen and oxygen atoms in total. The maximum atomic E-state index is 12.9. The van der Waals surface area contributed by atoms with E-state index in [1.807, 2.05) is 80.8 Å². The summed E-state index contributed by atoms with van der Waals surface area (Å²) in [5.74, 6) is -0.319. The molecule has 0 spiro atoms. The van der Waals surface area contributed by atoms with Crippen LogP contribution in [0.15, 0.2) is 66.9 Å². The Labute approximate surface area is 142 Å². The van der Waals surface area contributed by atoms with Gasteiger partial charge in [0, 0.05) is 25.4 Å². The second kappa shape index (κ2) is 7.13. The Bertz CT molecular complexity index is 770. The summed E-state index contributed by atoms with van der Waals surface area (Å²) >= 11 is 0. The topological polar surface area (TPSA) is 46.9 Å². The van der Waals surface area contributed by atoms with E-state index in [1.165, 1.54) is 0 Å². The largest absolute Gasteiger partial charge is 0.351 e. The first-order valence-corrected chi connectivity index (χ1v) is 8.02. The quantitative estimate of drug-likeness (QED) is 0.785. The van der Waals surface area contributed by atoms with Gasteiger partial charge in [-0.05, 0) is 18.1 Å². The summed E-state index contributed by atoms with van der Waals surface area (Å²) in [7, 11) is 1.88. The standard InChI is InChI=1S/C20H21N3O/c1-15-18(14-23(2)22-15)13-21-20(24)19(16-9-5-3-6-10-16)17-11-7-4-8-12-17/h3-12,14,19H,13H2,1-2H3,(H,21,24). The predicted octanol–water partition coefficient (Wildman–Crippen LogP) is 3.18. The van der Waals surface area contributed by atoms with Crippen LogP contribution in [0, 0.1) is 6.92 Å². The SMILES string of the molecule is Cc1nn(C)cc1CNC(=O)C(c1ccccc1)c1ccccc1. The lowest BCUT2D eigenvalue weighted by atomic mass is 9.90. The normalized spacial score (nSPS) is 10.8. The Hall–Kier alpha value is -2.88. The molecule has 0 saturated heterocycles. The van der Waals surface area contributed by atoms with Crippen LogP contribution in [-0.2, 0) is 18.4 Å². The zero-order chi connectivity index (χ0) is 16.9. The van der Waals surface area contributed by atoms with E-state index in [0.29, 0.717) is 6.54 Å². The molecule has 2 aromatic carbocycles. The van der Waals surface area contributed by atoms with E-state index in [2.05, 4.69) is 10.4 Å². The fourth-order valence-electron chi connectivity index (χ4n) is 2.89. The number of amides is 1. The molecule has 0 fully saturated rings. The molecule has 0 saturated carbocycles. The van der Waals surface area contributed by atoms with Gasteiger partial charge in [-0.1, -0.05) is 60.7 Å². The van der Waals surface area contributed by atoms with Gasteiger partial charge in [-0.25, -0.2) is 0 Å². The van der Waals surface area contributed by atoms with Crippen LogP contribution in [0.2, 0.25) is 0 Å². The monoisotopic (exact) mass is 319 g/mol. The molecule has 1 amide bonds. The van der Waals surface area contributed by atoms with Crippen LogP contribution in [0.4, 0.5) is 0 Å². The first-order valence-electron chi connectivity index (χ1n) is 8.02. The van der Waals surface area contributed by atoms with E-state index < -0.39 is 0 Å². The lowest BCUT2D eigenvalue weighted by Crippen LogP contribution is -2.29. The van der Waals surface area contributed by atoms with Gasteiger partial charge in [0.05, 0.1) is 11.6 Å². The molecule has 3 aromatic rings. The summed E-state index contributed by atoms with van der Waals surface area (Å²) in [6.45, 7) is 2.43. The molecule has 0 aliphatic rings. The molecule has 0 aliphatic carbocycles. The zero-order valence-electron chi connectivity index (χ0n) is 13.9. The number of hydrogen-bond acceptors (Lipinski definition) is 2. The van der Waals surface area contributed by atoms with Crippen molar-refractivity contribution in [3.05, 3.63) is 89.2 Å². The van der Waals surface area contributed by atoms with E-state index in [-0.39, 0.29) is 11.8 Å². The molecule has 0 radical (unpaired) electrons. The number of aromatic nitrogens is 2. The lowest BCUT2D eigenvalue weighted by Gasteiger charge is -2.17. The average Bonchev–Trinajstić information content (AvgIpc) is 2.93. The first kappa shape index (κ1) is 16.0. The molecular weight excluding hydrogens is 298 g/mol. The van der Waals surface area contributed by atoms with E-state index in [4.69, 9.17) is 0 Å². The van der Waals surface area contributed by atoms with Crippen LogP contribution in [-0.4, -0.2) is 15.7 Å². The van der Waals surface area contributed by atoms with Crippen molar-refractivity contribution < 1.29 is 4.79 Å². The minimum atomic E-state index is -0.315. The van der Waals surface area contributed by atoms with Gasteiger partial charge in [0.1, 0.15) is 0 Å². The number of hydrogen-bond donors (Lipinski definition) is 1. The van der Waals surface area contributed by atoms with Crippen molar-refractivity contribution in [2.45, 2.75) is 19.4 Å². The van der Waals surface area contributed by atoms with Gasteiger partial charge in [0.15, 0.2) is 0 Å². The highest BCUT2D eigenvalue weighted by Crippen LogP contribution is 2.24. The van der Waals surface area contributed by atoms with Crippen LogP contribution in [0.25, 0.3) is 0 Å². The van der Waals surface area contributed by atoms with E-state index in [9.17, 15) is 4.79 Å². The molecule has 3 rings (SSSR count). The van der Waals surface area contributed by atoms with Gasteiger partial charge < -0.3 is 5.32 Å². The Morgan fingerprint density at radius 2 is 1.58 bits per heavy atom. The predicted molar refractivity (Wildman–Crippen MR) is 94.5 cm³/mol. The average molecular weight is 319 g/mol. The summed E-state index contributed by atoms with van der Waals surface area (Å²) < 4.78 is 1.77. The van der Waals surface area contributed by atoms with Gasteiger partial charge >= 0.3 is 0 Å². The third-order valence-corrected chi connectivity index (χ3v) is 4.10. The Balaban J connectivity index is 1.83. The highest BCUT2D eigenvalue weighted by molar-refractivity contribution is 5.87. The smallest absolute Gasteiger partial charge is 0.232 e. The van der Waals surface area contributed by atoms with Gasteiger partial charge in [0.25, 0.3) is 0 Å². The molecule has 1 aromatic heterocycles. The van der Waals surface area contributed by atoms with Gasteiger partial charge in [-0.2, -0.15) is 5.10 Å². The van der Waals surface area contributed by atoms with Crippen LogP contribution >= 0.6 is 0 Å². The number of nitrogens with zero attached hydrogens (tertiary/aromatic N) is 2. The number of benzene rings is 2. The molecular formula is C20H21N3O. The second-order valence-corrected chi connectivity index (χ2v) is 5.89. The minimum absolute atomic E-state index is 0.00402. The van der Waals surface area contributed by atoms with Crippen molar-refractivity contribution in [2.75, 3.05) is 0 Å². The van der Waals surface area contributed by atoms with Gasteiger partial charge in [-0.15, -0.1) is 0 Å². The highest BCUT2D eigenvalue weighted by Gasteiger charge is 2.22. The van der Waals surface area contributed by atoms with Gasteiger partial charge in [-0.3, -0.25) is 9.48 Å². The molecule has 4 heteroatoms. The van der Waals surface area contributed by atoms with E-state index >= 15 is 0 Å². The molecule has 0 bridgehead atoms. The van der Waals surface area contributed by atoms with Crippen molar-refractivity contribution in [1.29, 1.82) is 0 Å².